The molecule has 1 heterocycles. The second-order valence-corrected chi connectivity index (χ2v) is 4.24. The molecule has 2 rings (SSSR count). The van der Waals surface area contributed by atoms with Gasteiger partial charge in [0.05, 0.1) is 10.8 Å². The average Bonchev–Trinajstić information content (AvgIpc) is 2.26. The van der Waals surface area contributed by atoms with Crippen molar-refractivity contribution in [1.82, 2.24) is 0 Å². The summed E-state index contributed by atoms with van der Waals surface area (Å²) in [4.78, 5) is 14.8. The molecule has 1 N–H and O–H groups in total. The van der Waals surface area contributed by atoms with Crippen LogP contribution in [-0.2, 0) is 11.2 Å². The largest absolute Gasteiger partial charge is 0.481 e. The van der Waals surface area contributed by atoms with Crippen LogP contribution in [0.3, 0.4) is 0 Å². The predicted octanol–water partition coefficient (Wildman–Crippen LogP) is 1.81. The highest BCUT2D eigenvalue weighted by Gasteiger charge is 2.14. The molecule has 0 fully saturated rings. The smallest absolute Gasteiger partial charge is 0.313 e. The fourth-order valence-corrected chi connectivity index (χ4v) is 2.36. The molecule has 1 aliphatic heterocycles. The number of nitrogens with zero attached hydrogens (tertiary/aromatic N) is 1. The maximum Gasteiger partial charge on any atom is 0.313 e. The van der Waals surface area contributed by atoms with Crippen LogP contribution in [0.5, 0.6) is 0 Å². The normalized spacial score (nSPS) is 14.3. The van der Waals surface area contributed by atoms with Crippen LogP contribution in [0.1, 0.15) is 11.1 Å². The predicted molar refractivity (Wildman–Crippen MR) is 61.6 cm³/mol. The Morgan fingerprint density at radius 3 is 3.07 bits per heavy atom. The molecule has 1 aromatic rings. The van der Waals surface area contributed by atoms with Crippen molar-refractivity contribution in [2.24, 2.45) is 4.99 Å². The van der Waals surface area contributed by atoms with Crippen molar-refractivity contribution in [2.45, 2.75) is 6.42 Å². The molecular formula is C11H11NO2S. The van der Waals surface area contributed by atoms with Crippen molar-refractivity contribution >= 4 is 22.8 Å². The third-order valence-corrected chi connectivity index (χ3v) is 3.23. The highest BCUT2D eigenvalue weighted by atomic mass is 32.2. The van der Waals surface area contributed by atoms with E-state index in [1.54, 1.807) is 0 Å². The molecule has 0 saturated carbocycles. The molecule has 78 valence electrons. The zero-order valence-corrected chi connectivity index (χ0v) is 8.96. The maximum atomic E-state index is 10.5. The number of fused-ring (bicyclic) bond motifs is 1. The van der Waals surface area contributed by atoms with Gasteiger partial charge in [-0.15, -0.1) is 0 Å². The first-order valence-electron chi connectivity index (χ1n) is 4.74. The van der Waals surface area contributed by atoms with Crippen molar-refractivity contribution in [3.8, 4) is 0 Å². The van der Waals surface area contributed by atoms with Crippen molar-refractivity contribution in [3.05, 3.63) is 35.4 Å². The van der Waals surface area contributed by atoms with Gasteiger partial charge in [0.2, 0.25) is 0 Å². The second kappa shape index (κ2) is 4.49. The number of carboxylic acid groups (broad SMARTS) is 1. The summed E-state index contributed by atoms with van der Waals surface area (Å²) in [5.41, 5.74) is 2.36. The van der Waals surface area contributed by atoms with Gasteiger partial charge in [0.15, 0.2) is 0 Å². The Hall–Kier alpha value is -1.29. The molecule has 0 radical (unpaired) electrons. The van der Waals surface area contributed by atoms with Crippen LogP contribution in [0.2, 0.25) is 0 Å². The molecule has 0 saturated heterocycles. The molecule has 15 heavy (non-hydrogen) atoms. The minimum absolute atomic E-state index is 0.0766. The molecule has 0 atom stereocenters. The Morgan fingerprint density at radius 2 is 2.27 bits per heavy atom. The highest BCUT2D eigenvalue weighted by molar-refractivity contribution is 8.14. The van der Waals surface area contributed by atoms with Gasteiger partial charge in [-0.05, 0) is 12.0 Å². The van der Waals surface area contributed by atoms with Crippen LogP contribution >= 0.6 is 11.8 Å². The van der Waals surface area contributed by atoms with Crippen LogP contribution in [0.4, 0.5) is 0 Å². The molecule has 1 aliphatic rings. The standard InChI is InChI=1S/C11H11NO2S/c13-10(14)7-15-11-9-4-2-1-3-8(9)5-6-12-11/h1-4H,5-7H2,(H,13,14). The van der Waals surface area contributed by atoms with Gasteiger partial charge < -0.3 is 5.11 Å². The summed E-state index contributed by atoms with van der Waals surface area (Å²) >= 11 is 1.30. The Morgan fingerprint density at radius 1 is 1.47 bits per heavy atom. The molecule has 4 heteroatoms. The Bertz CT molecular complexity index is 415. The van der Waals surface area contributed by atoms with Crippen molar-refractivity contribution in [2.75, 3.05) is 12.3 Å². The number of carbonyl (C=O) groups is 1. The molecule has 3 nitrogen and oxygen atoms in total. The molecular weight excluding hydrogens is 210 g/mol. The number of hydrogen-bond donors (Lipinski definition) is 1. The van der Waals surface area contributed by atoms with Crippen molar-refractivity contribution < 1.29 is 9.90 Å². The Kier molecular flexibility index (Phi) is 3.06. The van der Waals surface area contributed by atoms with Gasteiger partial charge in [0.1, 0.15) is 0 Å². The van der Waals surface area contributed by atoms with Crippen molar-refractivity contribution in [1.29, 1.82) is 0 Å². The van der Waals surface area contributed by atoms with Crippen LogP contribution in [0.15, 0.2) is 29.3 Å². The van der Waals surface area contributed by atoms with Crippen LogP contribution in [0.25, 0.3) is 0 Å². The number of aliphatic carboxylic acids is 1. The summed E-state index contributed by atoms with van der Waals surface area (Å²) in [5, 5.41) is 9.48. The van der Waals surface area contributed by atoms with Gasteiger partial charge in [-0.3, -0.25) is 9.79 Å². The number of thioether (sulfide) groups is 1. The van der Waals surface area contributed by atoms with Gasteiger partial charge in [0, 0.05) is 12.1 Å². The third-order valence-electron chi connectivity index (χ3n) is 2.22. The molecule has 0 aromatic heterocycles. The summed E-state index contributed by atoms with van der Waals surface area (Å²) < 4.78 is 0. The van der Waals surface area contributed by atoms with Gasteiger partial charge in [-0.1, -0.05) is 36.0 Å². The molecule has 0 unspecified atom stereocenters. The molecule has 1 aromatic carbocycles. The van der Waals surface area contributed by atoms with Gasteiger partial charge in [0.25, 0.3) is 0 Å². The lowest BCUT2D eigenvalue weighted by atomic mass is 10.0. The number of carboxylic acids is 1. The fraction of sp³-hybridized carbons (Fsp3) is 0.273. The molecule has 0 spiro atoms. The lowest BCUT2D eigenvalue weighted by Gasteiger charge is -2.15. The van der Waals surface area contributed by atoms with Crippen LogP contribution < -0.4 is 0 Å². The maximum absolute atomic E-state index is 10.5. The first-order chi connectivity index (χ1) is 7.27. The zero-order chi connectivity index (χ0) is 10.7. The van der Waals surface area contributed by atoms with E-state index in [-0.39, 0.29) is 5.75 Å². The molecule has 0 aliphatic carbocycles. The van der Waals surface area contributed by atoms with E-state index in [0.717, 1.165) is 23.6 Å². The van der Waals surface area contributed by atoms with E-state index >= 15 is 0 Å². The van der Waals surface area contributed by atoms with E-state index in [2.05, 4.69) is 11.1 Å². The van der Waals surface area contributed by atoms with Crippen LogP contribution in [0, 0.1) is 0 Å². The van der Waals surface area contributed by atoms with Crippen LogP contribution in [-0.4, -0.2) is 28.4 Å². The van der Waals surface area contributed by atoms with E-state index in [9.17, 15) is 4.79 Å². The minimum Gasteiger partial charge on any atom is -0.481 e. The number of rotatable bonds is 2. The lowest BCUT2D eigenvalue weighted by Crippen LogP contribution is -2.12. The van der Waals surface area contributed by atoms with E-state index in [0.29, 0.717) is 0 Å². The summed E-state index contributed by atoms with van der Waals surface area (Å²) in [5.74, 6) is -0.724. The number of benzene rings is 1. The quantitative estimate of drug-likeness (QED) is 0.828. The summed E-state index contributed by atoms with van der Waals surface area (Å²) in [6, 6.07) is 8.04. The summed E-state index contributed by atoms with van der Waals surface area (Å²) in [7, 11) is 0. The van der Waals surface area contributed by atoms with Gasteiger partial charge in [-0.2, -0.15) is 0 Å². The lowest BCUT2D eigenvalue weighted by molar-refractivity contribution is -0.133. The minimum atomic E-state index is -0.800. The topological polar surface area (TPSA) is 49.7 Å². The van der Waals surface area contributed by atoms with Gasteiger partial charge in [-0.25, -0.2) is 0 Å². The Labute approximate surface area is 92.2 Å². The Balaban J connectivity index is 2.19. The first-order valence-corrected chi connectivity index (χ1v) is 5.73. The fourth-order valence-electron chi connectivity index (χ4n) is 1.56. The molecule has 0 bridgehead atoms. The zero-order valence-electron chi connectivity index (χ0n) is 8.14. The van der Waals surface area contributed by atoms with E-state index in [1.165, 1.54) is 17.3 Å². The van der Waals surface area contributed by atoms with E-state index in [1.807, 2.05) is 18.2 Å². The summed E-state index contributed by atoms with van der Waals surface area (Å²) in [6.45, 7) is 0.763. The van der Waals surface area contributed by atoms with Crippen molar-refractivity contribution in [3.63, 3.8) is 0 Å². The first kappa shape index (κ1) is 10.2. The second-order valence-electron chi connectivity index (χ2n) is 3.28. The van der Waals surface area contributed by atoms with E-state index in [4.69, 9.17) is 5.11 Å². The van der Waals surface area contributed by atoms with E-state index < -0.39 is 5.97 Å². The van der Waals surface area contributed by atoms with Gasteiger partial charge >= 0.3 is 5.97 Å². The number of aliphatic imine (C=N–C) groups is 1. The summed E-state index contributed by atoms with van der Waals surface area (Å²) in [6.07, 6.45) is 0.952. The third kappa shape index (κ3) is 2.39. The highest BCUT2D eigenvalue weighted by Crippen LogP contribution is 2.22. The number of hydrogen-bond acceptors (Lipinski definition) is 3. The SMILES string of the molecule is O=C(O)CSC1=NCCc2ccccc21. The monoisotopic (exact) mass is 221 g/mol. The molecule has 0 amide bonds. The average molecular weight is 221 g/mol.